The molecule has 1 atom stereocenters. The fraction of sp³-hybridized carbons (Fsp3) is 0.250. The predicted molar refractivity (Wildman–Crippen MR) is 106 cm³/mol. The maximum atomic E-state index is 12.3. The average Bonchev–Trinajstić information content (AvgIpc) is 3.14. The number of anilines is 2. The summed E-state index contributed by atoms with van der Waals surface area (Å²) in [4.78, 5) is 48.2. The molecule has 1 aliphatic rings. The zero-order valence-electron chi connectivity index (χ0n) is 16.1. The maximum Gasteiger partial charge on any atom is 0.311 e. The lowest BCUT2D eigenvalue weighted by Gasteiger charge is -2.16. The van der Waals surface area contributed by atoms with E-state index in [-0.39, 0.29) is 24.6 Å². The Morgan fingerprint density at radius 1 is 1.23 bits per heavy atom. The number of rotatable bonds is 7. The number of nitro benzene ring substituents is 1. The molecule has 1 aliphatic heterocycles. The van der Waals surface area contributed by atoms with Gasteiger partial charge in [-0.15, -0.1) is 0 Å². The minimum atomic E-state index is -0.759. The number of carbonyl (C=O) groups excluding carboxylic acids is 3. The number of nitrogens with one attached hydrogen (secondary N) is 1. The second kappa shape index (κ2) is 9.03. The summed E-state index contributed by atoms with van der Waals surface area (Å²) in [5.41, 5.74) is 0.702. The van der Waals surface area contributed by atoms with Crippen molar-refractivity contribution >= 4 is 34.8 Å². The van der Waals surface area contributed by atoms with E-state index < -0.39 is 29.3 Å². The Hall–Kier alpha value is -3.95. The molecule has 1 N–H and O–H groups in total. The van der Waals surface area contributed by atoms with Crippen molar-refractivity contribution in [3.63, 3.8) is 0 Å². The van der Waals surface area contributed by atoms with Gasteiger partial charge in [-0.3, -0.25) is 24.5 Å². The molecule has 2 amide bonds. The van der Waals surface area contributed by atoms with E-state index in [1.807, 2.05) is 0 Å². The SMILES string of the molecule is COc1ccc(NC(=O)COC(=O)[C@@H]2CC(=O)N(c3cccc([N+](=O)[O-])c3)C2)cc1. The molecule has 3 rings (SSSR count). The summed E-state index contributed by atoms with van der Waals surface area (Å²) in [7, 11) is 1.53. The predicted octanol–water partition coefficient (Wildman–Crippen LogP) is 2.14. The molecular formula is C20H19N3O7. The molecule has 1 saturated heterocycles. The molecule has 0 unspecified atom stereocenters. The molecule has 10 nitrogen and oxygen atoms in total. The monoisotopic (exact) mass is 413 g/mol. The number of ether oxygens (including phenoxy) is 2. The first-order valence-corrected chi connectivity index (χ1v) is 9.02. The van der Waals surface area contributed by atoms with E-state index >= 15 is 0 Å². The average molecular weight is 413 g/mol. The number of nitrogens with zero attached hydrogens (tertiary/aromatic N) is 2. The molecule has 0 spiro atoms. The van der Waals surface area contributed by atoms with Gasteiger partial charge in [0, 0.05) is 30.8 Å². The van der Waals surface area contributed by atoms with Gasteiger partial charge in [-0.1, -0.05) is 6.07 Å². The highest BCUT2D eigenvalue weighted by molar-refractivity contribution is 6.00. The molecule has 156 valence electrons. The van der Waals surface area contributed by atoms with Gasteiger partial charge in [0.2, 0.25) is 5.91 Å². The van der Waals surface area contributed by atoms with E-state index in [1.165, 1.54) is 30.2 Å². The second-order valence-electron chi connectivity index (χ2n) is 6.57. The van der Waals surface area contributed by atoms with Crippen LogP contribution in [0.15, 0.2) is 48.5 Å². The van der Waals surface area contributed by atoms with Gasteiger partial charge in [0.05, 0.1) is 23.6 Å². The number of non-ortho nitro benzene ring substituents is 1. The molecule has 2 aromatic rings. The second-order valence-corrected chi connectivity index (χ2v) is 6.57. The summed E-state index contributed by atoms with van der Waals surface area (Å²) < 4.78 is 10.1. The Balaban J connectivity index is 1.53. The number of benzene rings is 2. The number of esters is 1. The van der Waals surface area contributed by atoms with E-state index in [0.717, 1.165) is 0 Å². The molecule has 0 aliphatic carbocycles. The lowest BCUT2D eigenvalue weighted by Crippen LogP contribution is -2.28. The van der Waals surface area contributed by atoms with Gasteiger partial charge in [0.25, 0.3) is 11.6 Å². The summed E-state index contributed by atoms with van der Waals surface area (Å²) in [6, 6.07) is 12.3. The first kappa shape index (κ1) is 20.8. The van der Waals surface area contributed by atoms with Crippen molar-refractivity contribution in [3.05, 3.63) is 58.6 Å². The quantitative estimate of drug-likeness (QED) is 0.418. The third-order valence-electron chi connectivity index (χ3n) is 4.53. The largest absolute Gasteiger partial charge is 0.497 e. The summed E-state index contributed by atoms with van der Waals surface area (Å²) in [6.07, 6.45) is -0.0956. The fourth-order valence-corrected chi connectivity index (χ4v) is 3.02. The van der Waals surface area contributed by atoms with Crippen LogP contribution in [0.25, 0.3) is 0 Å². The molecular weight excluding hydrogens is 394 g/mol. The Labute approximate surface area is 171 Å². The normalized spacial score (nSPS) is 15.6. The Kier molecular flexibility index (Phi) is 6.26. The van der Waals surface area contributed by atoms with Gasteiger partial charge < -0.3 is 19.7 Å². The number of hydrogen-bond donors (Lipinski definition) is 1. The van der Waals surface area contributed by atoms with Crippen molar-refractivity contribution in [2.45, 2.75) is 6.42 Å². The highest BCUT2D eigenvalue weighted by Gasteiger charge is 2.36. The first-order valence-electron chi connectivity index (χ1n) is 9.02. The Morgan fingerprint density at radius 2 is 1.97 bits per heavy atom. The molecule has 0 saturated carbocycles. The molecule has 1 heterocycles. The third-order valence-corrected chi connectivity index (χ3v) is 4.53. The van der Waals surface area contributed by atoms with E-state index in [0.29, 0.717) is 17.1 Å². The first-order chi connectivity index (χ1) is 14.4. The lowest BCUT2D eigenvalue weighted by molar-refractivity contribution is -0.384. The standard InChI is InChI=1S/C20H19N3O7/c1-29-17-7-5-14(6-8-17)21-18(24)12-30-20(26)13-9-19(25)22(11-13)15-3-2-4-16(10-15)23(27)28/h2-8,10,13H,9,11-12H2,1H3,(H,21,24)/t13-/m1/s1. The van der Waals surface area contributed by atoms with Crippen molar-refractivity contribution in [2.24, 2.45) is 5.92 Å². The summed E-state index contributed by atoms with van der Waals surface area (Å²) in [5.74, 6) is -1.67. The number of methoxy groups -OCH3 is 1. The van der Waals surface area contributed by atoms with Crippen LogP contribution >= 0.6 is 0 Å². The minimum absolute atomic E-state index is 0.0267. The molecule has 30 heavy (non-hydrogen) atoms. The lowest BCUT2D eigenvalue weighted by atomic mass is 10.1. The van der Waals surface area contributed by atoms with Gasteiger partial charge in [0.1, 0.15) is 5.75 Å². The van der Waals surface area contributed by atoms with Crippen LogP contribution in [0.3, 0.4) is 0 Å². The number of nitro groups is 1. The van der Waals surface area contributed by atoms with E-state index in [2.05, 4.69) is 5.32 Å². The molecule has 0 radical (unpaired) electrons. The van der Waals surface area contributed by atoms with Crippen LogP contribution in [-0.2, 0) is 19.1 Å². The van der Waals surface area contributed by atoms with Crippen molar-refractivity contribution < 1.29 is 28.8 Å². The van der Waals surface area contributed by atoms with Crippen molar-refractivity contribution in [1.82, 2.24) is 0 Å². The van der Waals surface area contributed by atoms with Crippen molar-refractivity contribution in [2.75, 3.05) is 30.5 Å². The third kappa shape index (κ3) is 4.90. The smallest absolute Gasteiger partial charge is 0.311 e. The van der Waals surface area contributed by atoms with Gasteiger partial charge in [-0.05, 0) is 30.3 Å². The van der Waals surface area contributed by atoms with Gasteiger partial charge in [-0.25, -0.2) is 0 Å². The maximum absolute atomic E-state index is 12.3. The topological polar surface area (TPSA) is 128 Å². The minimum Gasteiger partial charge on any atom is -0.497 e. The van der Waals surface area contributed by atoms with Crippen molar-refractivity contribution in [1.29, 1.82) is 0 Å². The molecule has 0 aromatic heterocycles. The van der Waals surface area contributed by atoms with E-state index in [9.17, 15) is 24.5 Å². The van der Waals surface area contributed by atoms with Gasteiger partial charge in [-0.2, -0.15) is 0 Å². The van der Waals surface area contributed by atoms with Crippen LogP contribution in [0.1, 0.15) is 6.42 Å². The highest BCUT2D eigenvalue weighted by atomic mass is 16.6. The molecule has 10 heteroatoms. The molecule has 0 bridgehead atoms. The van der Waals surface area contributed by atoms with Gasteiger partial charge in [0.15, 0.2) is 6.61 Å². The van der Waals surface area contributed by atoms with Crippen LogP contribution in [0.5, 0.6) is 5.75 Å². The zero-order valence-corrected chi connectivity index (χ0v) is 16.1. The van der Waals surface area contributed by atoms with Crippen molar-refractivity contribution in [3.8, 4) is 5.75 Å². The molecule has 2 aromatic carbocycles. The summed E-state index contributed by atoms with van der Waals surface area (Å²) in [5, 5.41) is 13.5. The van der Waals surface area contributed by atoms with Crippen LogP contribution in [-0.4, -0.2) is 43.0 Å². The zero-order chi connectivity index (χ0) is 21.7. The van der Waals surface area contributed by atoms with Crippen LogP contribution in [0.4, 0.5) is 17.1 Å². The molecule has 1 fully saturated rings. The highest BCUT2D eigenvalue weighted by Crippen LogP contribution is 2.28. The van der Waals surface area contributed by atoms with Gasteiger partial charge >= 0.3 is 5.97 Å². The Bertz CT molecular complexity index is 975. The van der Waals surface area contributed by atoms with E-state index in [4.69, 9.17) is 9.47 Å². The summed E-state index contributed by atoms with van der Waals surface area (Å²) in [6.45, 7) is -0.467. The number of amides is 2. The summed E-state index contributed by atoms with van der Waals surface area (Å²) >= 11 is 0. The van der Waals surface area contributed by atoms with Crippen LogP contribution in [0, 0.1) is 16.0 Å². The fourth-order valence-electron chi connectivity index (χ4n) is 3.02. The van der Waals surface area contributed by atoms with E-state index in [1.54, 1.807) is 30.3 Å². The Morgan fingerprint density at radius 3 is 2.63 bits per heavy atom. The van der Waals surface area contributed by atoms with Crippen LogP contribution in [0.2, 0.25) is 0 Å². The number of hydrogen-bond acceptors (Lipinski definition) is 7. The number of carbonyl (C=O) groups is 3. The van der Waals surface area contributed by atoms with Crippen LogP contribution < -0.4 is 15.0 Å².